The van der Waals surface area contributed by atoms with Gasteiger partial charge >= 0.3 is 5.69 Å². The molecule has 1 aromatic carbocycles. The van der Waals surface area contributed by atoms with Crippen molar-refractivity contribution >= 4 is 17.5 Å². The summed E-state index contributed by atoms with van der Waals surface area (Å²) in [6.07, 6.45) is 1.99. The number of hydrogen-bond acceptors (Lipinski definition) is 5. The molecular formula is C20H27N3O3S. The van der Waals surface area contributed by atoms with Gasteiger partial charge in [0.2, 0.25) is 0 Å². The minimum atomic E-state index is -0.344. The lowest BCUT2D eigenvalue weighted by atomic mass is 9.86. The van der Waals surface area contributed by atoms with E-state index >= 15 is 0 Å². The lowest BCUT2D eigenvalue weighted by molar-refractivity contribution is 0.0941. The van der Waals surface area contributed by atoms with E-state index in [1.54, 1.807) is 4.57 Å². The van der Waals surface area contributed by atoms with E-state index in [4.69, 9.17) is 4.74 Å². The van der Waals surface area contributed by atoms with Gasteiger partial charge in [-0.25, -0.2) is 9.89 Å². The maximum atomic E-state index is 12.8. The molecule has 0 bridgehead atoms. The smallest absolute Gasteiger partial charge is 0.344 e. The molecule has 1 fully saturated rings. The lowest BCUT2D eigenvalue weighted by Gasteiger charge is -2.19. The van der Waals surface area contributed by atoms with Crippen molar-refractivity contribution in [1.29, 1.82) is 0 Å². The molecule has 0 spiro atoms. The number of ketones is 1. The number of Topliss-reactive ketones (excluding diaryl/α,β-unsaturated/α-hetero) is 1. The van der Waals surface area contributed by atoms with E-state index in [0.717, 1.165) is 19.4 Å². The van der Waals surface area contributed by atoms with E-state index in [2.05, 4.69) is 31.0 Å². The summed E-state index contributed by atoms with van der Waals surface area (Å²) in [7, 11) is 0. The fourth-order valence-corrected chi connectivity index (χ4v) is 4.07. The first-order chi connectivity index (χ1) is 12.8. The van der Waals surface area contributed by atoms with E-state index in [1.807, 2.05) is 31.2 Å². The van der Waals surface area contributed by atoms with Crippen molar-refractivity contribution < 1.29 is 9.53 Å². The Labute approximate surface area is 163 Å². The van der Waals surface area contributed by atoms with Gasteiger partial charge in [-0.3, -0.25) is 9.36 Å². The van der Waals surface area contributed by atoms with Gasteiger partial charge in [-0.15, -0.1) is 5.10 Å². The van der Waals surface area contributed by atoms with E-state index in [1.165, 1.54) is 17.3 Å². The van der Waals surface area contributed by atoms with Crippen LogP contribution in [0.1, 0.15) is 56.5 Å². The maximum absolute atomic E-state index is 12.8. The second-order valence-corrected chi connectivity index (χ2v) is 9.32. The predicted molar refractivity (Wildman–Crippen MR) is 107 cm³/mol. The summed E-state index contributed by atoms with van der Waals surface area (Å²) in [5.74, 6) is 0.0274. The Bertz CT molecular complexity index is 843. The van der Waals surface area contributed by atoms with Crippen LogP contribution in [0.5, 0.6) is 0 Å². The molecule has 1 aliphatic rings. The topological polar surface area (TPSA) is 77.0 Å². The Morgan fingerprint density at radius 1 is 1.37 bits per heavy atom. The fourth-order valence-electron chi connectivity index (χ4n) is 3.13. The molecule has 1 saturated heterocycles. The summed E-state index contributed by atoms with van der Waals surface area (Å²) in [4.78, 5) is 24.9. The average Bonchev–Trinajstić information content (AvgIpc) is 3.26. The van der Waals surface area contributed by atoms with Crippen LogP contribution in [-0.2, 0) is 16.7 Å². The molecule has 0 aliphatic carbocycles. The van der Waals surface area contributed by atoms with Gasteiger partial charge in [-0.1, -0.05) is 56.8 Å². The Kier molecular flexibility index (Phi) is 5.91. The molecule has 1 aliphatic heterocycles. The molecule has 3 rings (SSSR count). The summed E-state index contributed by atoms with van der Waals surface area (Å²) < 4.78 is 7.20. The first-order valence-electron chi connectivity index (χ1n) is 9.34. The van der Waals surface area contributed by atoms with Crippen molar-refractivity contribution in [2.45, 2.75) is 69.0 Å². The monoisotopic (exact) mass is 389 g/mol. The molecule has 2 heterocycles. The Morgan fingerprint density at radius 3 is 2.67 bits per heavy atom. The quantitative estimate of drug-likeness (QED) is 0.605. The van der Waals surface area contributed by atoms with Gasteiger partial charge in [0.1, 0.15) is 0 Å². The molecule has 2 aromatic rings. The van der Waals surface area contributed by atoms with Crippen molar-refractivity contribution in [1.82, 2.24) is 14.8 Å². The zero-order valence-electron chi connectivity index (χ0n) is 16.3. The Morgan fingerprint density at radius 2 is 2.07 bits per heavy atom. The number of thioether (sulfide) groups is 1. The Balaban J connectivity index is 1.70. The van der Waals surface area contributed by atoms with Crippen molar-refractivity contribution in [3.63, 3.8) is 0 Å². The minimum Gasteiger partial charge on any atom is -0.376 e. The summed E-state index contributed by atoms with van der Waals surface area (Å²) in [5.41, 5.74) is 1.65. The molecule has 0 radical (unpaired) electrons. The van der Waals surface area contributed by atoms with Crippen LogP contribution >= 0.6 is 11.8 Å². The predicted octanol–water partition coefficient (Wildman–Crippen LogP) is 3.41. The largest absolute Gasteiger partial charge is 0.376 e. The van der Waals surface area contributed by atoms with Crippen LogP contribution in [0.4, 0.5) is 0 Å². The number of aromatic amines is 1. The highest BCUT2D eigenvalue weighted by molar-refractivity contribution is 8.00. The van der Waals surface area contributed by atoms with Gasteiger partial charge in [-0.2, -0.15) is 0 Å². The summed E-state index contributed by atoms with van der Waals surface area (Å²) in [6, 6.07) is 7.77. The molecule has 6 nitrogen and oxygen atoms in total. The number of hydrogen-bond donors (Lipinski definition) is 1. The second-order valence-electron chi connectivity index (χ2n) is 8.01. The molecule has 0 amide bonds. The molecule has 7 heteroatoms. The number of nitrogens with zero attached hydrogens (tertiary/aromatic N) is 2. The molecular weight excluding hydrogens is 362 g/mol. The van der Waals surface area contributed by atoms with Crippen LogP contribution in [0.25, 0.3) is 0 Å². The number of benzene rings is 1. The van der Waals surface area contributed by atoms with Gasteiger partial charge in [-0.05, 0) is 30.7 Å². The van der Waals surface area contributed by atoms with Gasteiger partial charge in [0.15, 0.2) is 10.9 Å². The van der Waals surface area contributed by atoms with E-state index in [-0.39, 0.29) is 28.2 Å². The van der Waals surface area contributed by atoms with Crippen molar-refractivity contribution in [3.8, 4) is 0 Å². The molecule has 1 aromatic heterocycles. The van der Waals surface area contributed by atoms with E-state index in [9.17, 15) is 9.59 Å². The molecule has 2 unspecified atom stereocenters. The molecule has 27 heavy (non-hydrogen) atoms. The summed E-state index contributed by atoms with van der Waals surface area (Å²) >= 11 is 1.30. The van der Waals surface area contributed by atoms with Crippen LogP contribution in [0.3, 0.4) is 0 Å². The highest BCUT2D eigenvalue weighted by Crippen LogP contribution is 2.26. The van der Waals surface area contributed by atoms with Crippen molar-refractivity contribution in [2.75, 3.05) is 6.61 Å². The van der Waals surface area contributed by atoms with Crippen LogP contribution in [0.2, 0.25) is 0 Å². The number of nitrogens with one attached hydrogen (secondary N) is 1. The van der Waals surface area contributed by atoms with Crippen molar-refractivity contribution in [2.24, 2.45) is 0 Å². The summed E-state index contributed by atoms with van der Waals surface area (Å²) in [6.45, 7) is 9.49. The van der Waals surface area contributed by atoms with E-state index in [0.29, 0.717) is 17.3 Å². The van der Waals surface area contributed by atoms with Gasteiger partial charge in [0, 0.05) is 12.2 Å². The van der Waals surface area contributed by atoms with Crippen LogP contribution in [-0.4, -0.2) is 38.5 Å². The first-order valence-corrected chi connectivity index (χ1v) is 10.2. The fraction of sp³-hybridized carbons (Fsp3) is 0.550. The molecule has 146 valence electrons. The SMILES string of the molecule is CC(Sc1n[nH]c(=O)n1CC1CCCO1)C(=O)c1ccc(C(C)(C)C)cc1. The number of ether oxygens (including phenoxy) is 1. The highest BCUT2D eigenvalue weighted by Gasteiger charge is 2.24. The zero-order chi connectivity index (χ0) is 19.6. The number of H-pyrrole nitrogens is 1. The maximum Gasteiger partial charge on any atom is 0.344 e. The van der Waals surface area contributed by atoms with Gasteiger partial charge in [0.25, 0.3) is 0 Å². The molecule has 1 N–H and O–H groups in total. The van der Waals surface area contributed by atoms with Gasteiger partial charge < -0.3 is 4.74 Å². The minimum absolute atomic E-state index is 0.0274. The standard InChI is InChI=1S/C20H27N3O3S/c1-13(17(24)14-7-9-15(10-8-14)20(2,3)4)27-19-22-21-18(25)23(19)12-16-6-5-11-26-16/h7-10,13,16H,5-6,11-12H2,1-4H3,(H,21,25). The number of aromatic nitrogens is 3. The van der Waals surface area contributed by atoms with E-state index < -0.39 is 0 Å². The van der Waals surface area contributed by atoms with Crippen LogP contribution in [0, 0.1) is 0 Å². The van der Waals surface area contributed by atoms with Gasteiger partial charge in [0.05, 0.1) is 17.9 Å². The third-order valence-electron chi connectivity index (χ3n) is 4.82. The van der Waals surface area contributed by atoms with Crippen molar-refractivity contribution in [3.05, 3.63) is 45.9 Å². The number of carbonyl (C=O) groups is 1. The third-order valence-corrected chi connectivity index (χ3v) is 5.91. The number of rotatable bonds is 6. The lowest BCUT2D eigenvalue weighted by Crippen LogP contribution is -2.25. The summed E-state index contributed by atoms with van der Waals surface area (Å²) in [5, 5.41) is 6.78. The van der Waals surface area contributed by atoms with Crippen LogP contribution < -0.4 is 5.69 Å². The first kappa shape index (κ1) is 19.9. The second kappa shape index (κ2) is 8.02. The highest BCUT2D eigenvalue weighted by atomic mass is 32.2. The third kappa shape index (κ3) is 4.71. The Hall–Kier alpha value is -1.86. The molecule has 0 saturated carbocycles. The van der Waals surface area contributed by atoms with Crippen LogP contribution in [0.15, 0.2) is 34.2 Å². The molecule has 2 atom stereocenters. The zero-order valence-corrected chi connectivity index (χ0v) is 17.1. The average molecular weight is 390 g/mol. The normalized spacial score (nSPS) is 18.6. The number of carbonyl (C=O) groups excluding carboxylic acids is 1.